The number of para-hydroxylation sites is 1. The molecule has 2 N–H and O–H groups in total. The molecule has 7 heteroatoms. The molecule has 0 aliphatic heterocycles. The van der Waals surface area contributed by atoms with Crippen LogP contribution in [0.2, 0.25) is 0 Å². The zero-order chi connectivity index (χ0) is 19.3. The summed E-state index contributed by atoms with van der Waals surface area (Å²) < 4.78 is 1.70. The molecule has 0 saturated heterocycles. The van der Waals surface area contributed by atoms with Gasteiger partial charge in [-0.05, 0) is 30.5 Å². The monoisotopic (exact) mass is 374 g/mol. The molecule has 1 amide bonds. The van der Waals surface area contributed by atoms with E-state index in [1.165, 1.54) is 5.56 Å². The Bertz CT molecular complexity index is 1080. The van der Waals surface area contributed by atoms with Crippen LogP contribution in [0.1, 0.15) is 27.4 Å². The number of carbonyl (C=O) groups is 1. The first-order chi connectivity index (χ1) is 13.7. The Morgan fingerprint density at radius 3 is 2.79 bits per heavy atom. The standard InChI is InChI=1S/C21H22N6O/c1-15-6-5-9-17-20(15)24-19(23-17)10-12-22-21(28)18-14-27(26-25-18)13-11-16-7-3-2-4-8-16/h2-9,14H,10-13H2,1H3,(H,22,28)(H,23,24). The van der Waals surface area contributed by atoms with Crippen molar-refractivity contribution < 1.29 is 4.79 Å². The van der Waals surface area contributed by atoms with E-state index in [1.54, 1.807) is 10.9 Å². The van der Waals surface area contributed by atoms with Crippen molar-refractivity contribution in [2.24, 2.45) is 0 Å². The largest absolute Gasteiger partial charge is 0.350 e. The molecule has 0 radical (unpaired) electrons. The molecule has 0 aliphatic carbocycles. The number of imidazole rings is 1. The lowest BCUT2D eigenvalue weighted by Gasteiger charge is -2.01. The van der Waals surface area contributed by atoms with Gasteiger partial charge in [-0.25, -0.2) is 4.98 Å². The second-order valence-corrected chi connectivity index (χ2v) is 6.76. The van der Waals surface area contributed by atoms with Crippen molar-refractivity contribution in [3.8, 4) is 0 Å². The lowest BCUT2D eigenvalue weighted by molar-refractivity contribution is 0.0949. The summed E-state index contributed by atoms with van der Waals surface area (Å²) in [6.07, 6.45) is 3.15. The number of aromatic nitrogens is 5. The van der Waals surface area contributed by atoms with Crippen LogP contribution in [-0.2, 0) is 19.4 Å². The van der Waals surface area contributed by atoms with Crippen LogP contribution in [-0.4, -0.2) is 37.4 Å². The first-order valence-electron chi connectivity index (χ1n) is 9.35. The van der Waals surface area contributed by atoms with Gasteiger partial charge in [-0.1, -0.05) is 47.7 Å². The fraction of sp³-hybridized carbons (Fsp3) is 0.238. The molecule has 4 aromatic rings. The number of hydrogen-bond donors (Lipinski definition) is 2. The second kappa shape index (κ2) is 8.04. The van der Waals surface area contributed by atoms with Gasteiger partial charge in [0.2, 0.25) is 0 Å². The molecule has 0 atom stereocenters. The maximum atomic E-state index is 12.3. The summed E-state index contributed by atoms with van der Waals surface area (Å²) >= 11 is 0. The SMILES string of the molecule is Cc1cccc2[nH]c(CCNC(=O)c3cn(CCc4ccccc4)nn3)nc12. The van der Waals surface area contributed by atoms with Crippen molar-refractivity contribution in [2.45, 2.75) is 26.3 Å². The zero-order valence-corrected chi connectivity index (χ0v) is 15.7. The number of aromatic amines is 1. The number of fused-ring (bicyclic) bond motifs is 1. The average molecular weight is 374 g/mol. The molecule has 4 rings (SSSR count). The number of H-pyrrole nitrogens is 1. The van der Waals surface area contributed by atoms with E-state index in [0.717, 1.165) is 28.8 Å². The Kier molecular flexibility index (Phi) is 5.14. The Morgan fingerprint density at radius 1 is 1.11 bits per heavy atom. The molecule has 2 heterocycles. The number of carbonyl (C=O) groups excluding carboxylic acids is 1. The minimum atomic E-state index is -0.224. The summed E-state index contributed by atoms with van der Waals surface area (Å²) in [6.45, 7) is 3.20. The van der Waals surface area contributed by atoms with Crippen molar-refractivity contribution in [1.82, 2.24) is 30.3 Å². The molecule has 0 spiro atoms. The zero-order valence-electron chi connectivity index (χ0n) is 15.7. The molecule has 0 fully saturated rings. The van der Waals surface area contributed by atoms with Crippen LogP contribution in [0.4, 0.5) is 0 Å². The molecule has 2 aromatic heterocycles. The van der Waals surface area contributed by atoms with E-state index in [-0.39, 0.29) is 5.91 Å². The Hall–Kier alpha value is -3.48. The number of hydrogen-bond acceptors (Lipinski definition) is 4. The quantitative estimate of drug-likeness (QED) is 0.521. The summed E-state index contributed by atoms with van der Waals surface area (Å²) in [7, 11) is 0. The Morgan fingerprint density at radius 2 is 1.96 bits per heavy atom. The molecular formula is C21H22N6O. The minimum absolute atomic E-state index is 0.224. The fourth-order valence-corrected chi connectivity index (χ4v) is 3.13. The van der Waals surface area contributed by atoms with Crippen molar-refractivity contribution in [3.63, 3.8) is 0 Å². The van der Waals surface area contributed by atoms with Gasteiger partial charge < -0.3 is 10.3 Å². The third-order valence-electron chi connectivity index (χ3n) is 4.65. The topological polar surface area (TPSA) is 88.5 Å². The van der Waals surface area contributed by atoms with Crippen LogP contribution >= 0.6 is 0 Å². The van der Waals surface area contributed by atoms with Crippen LogP contribution in [0.15, 0.2) is 54.7 Å². The van der Waals surface area contributed by atoms with Gasteiger partial charge in [0.15, 0.2) is 5.69 Å². The minimum Gasteiger partial charge on any atom is -0.350 e. The maximum Gasteiger partial charge on any atom is 0.273 e. The van der Waals surface area contributed by atoms with Gasteiger partial charge >= 0.3 is 0 Å². The third-order valence-corrected chi connectivity index (χ3v) is 4.65. The van der Waals surface area contributed by atoms with Crippen LogP contribution in [0, 0.1) is 6.92 Å². The fourth-order valence-electron chi connectivity index (χ4n) is 3.13. The third kappa shape index (κ3) is 4.09. The Labute approximate surface area is 162 Å². The lowest BCUT2D eigenvalue weighted by atomic mass is 10.1. The van der Waals surface area contributed by atoms with Gasteiger partial charge in [-0.15, -0.1) is 5.10 Å². The molecule has 0 saturated carbocycles. The van der Waals surface area contributed by atoms with E-state index in [1.807, 2.05) is 43.3 Å². The maximum absolute atomic E-state index is 12.3. The number of nitrogens with one attached hydrogen (secondary N) is 2. The van der Waals surface area contributed by atoms with E-state index < -0.39 is 0 Å². The smallest absolute Gasteiger partial charge is 0.273 e. The van der Waals surface area contributed by atoms with Crippen molar-refractivity contribution >= 4 is 16.9 Å². The average Bonchev–Trinajstić information content (AvgIpc) is 3.35. The van der Waals surface area contributed by atoms with E-state index in [2.05, 4.69) is 37.7 Å². The van der Waals surface area contributed by atoms with Gasteiger partial charge in [0.05, 0.1) is 17.2 Å². The molecule has 0 aliphatic rings. The van der Waals surface area contributed by atoms with E-state index in [4.69, 9.17) is 0 Å². The summed E-state index contributed by atoms with van der Waals surface area (Å²) in [6, 6.07) is 16.2. The van der Waals surface area contributed by atoms with Gasteiger partial charge in [-0.3, -0.25) is 9.48 Å². The number of amides is 1. The highest BCUT2D eigenvalue weighted by atomic mass is 16.2. The van der Waals surface area contributed by atoms with Gasteiger partial charge in [-0.2, -0.15) is 0 Å². The van der Waals surface area contributed by atoms with E-state index in [9.17, 15) is 4.79 Å². The van der Waals surface area contributed by atoms with Crippen LogP contribution in [0.3, 0.4) is 0 Å². The van der Waals surface area contributed by atoms with Gasteiger partial charge in [0.1, 0.15) is 5.82 Å². The highest BCUT2D eigenvalue weighted by Crippen LogP contribution is 2.15. The van der Waals surface area contributed by atoms with E-state index >= 15 is 0 Å². The first-order valence-corrected chi connectivity index (χ1v) is 9.35. The number of nitrogens with zero attached hydrogens (tertiary/aromatic N) is 4. The number of aryl methyl sites for hydroxylation is 3. The summed E-state index contributed by atoms with van der Waals surface area (Å²) in [5.74, 6) is 0.634. The summed E-state index contributed by atoms with van der Waals surface area (Å²) in [5.41, 5.74) is 4.68. The van der Waals surface area contributed by atoms with Crippen LogP contribution in [0.5, 0.6) is 0 Å². The van der Waals surface area contributed by atoms with Crippen LogP contribution in [0.25, 0.3) is 11.0 Å². The molecular weight excluding hydrogens is 352 g/mol. The Balaban J connectivity index is 1.29. The highest BCUT2D eigenvalue weighted by Gasteiger charge is 2.11. The van der Waals surface area contributed by atoms with Crippen molar-refractivity contribution in [1.29, 1.82) is 0 Å². The van der Waals surface area contributed by atoms with Crippen molar-refractivity contribution in [2.75, 3.05) is 6.54 Å². The predicted octanol–water partition coefficient (Wildman–Crippen LogP) is 2.68. The van der Waals surface area contributed by atoms with Crippen LogP contribution < -0.4 is 5.32 Å². The molecule has 0 bridgehead atoms. The lowest BCUT2D eigenvalue weighted by Crippen LogP contribution is -2.26. The molecule has 0 unspecified atom stereocenters. The molecule has 2 aromatic carbocycles. The molecule has 7 nitrogen and oxygen atoms in total. The molecule has 28 heavy (non-hydrogen) atoms. The molecule has 142 valence electrons. The second-order valence-electron chi connectivity index (χ2n) is 6.76. The summed E-state index contributed by atoms with van der Waals surface area (Å²) in [4.78, 5) is 20.2. The normalized spacial score (nSPS) is 11.0. The van der Waals surface area contributed by atoms with Gasteiger partial charge in [0.25, 0.3) is 5.91 Å². The van der Waals surface area contributed by atoms with Gasteiger partial charge in [0, 0.05) is 19.5 Å². The predicted molar refractivity (Wildman–Crippen MR) is 107 cm³/mol. The van der Waals surface area contributed by atoms with Crippen molar-refractivity contribution in [3.05, 3.63) is 77.4 Å². The summed E-state index contributed by atoms with van der Waals surface area (Å²) in [5, 5.41) is 10.9. The first kappa shape index (κ1) is 17.9. The number of benzene rings is 2. The number of rotatable bonds is 7. The van der Waals surface area contributed by atoms with E-state index in [0.29, 0.717) is 25.2 Å². The highest BCUT2D eigenvalue weighted by molar-refractivity contribution is 5.91.